The summed E-state index contributed by atoms with van der Waals surface area (Å²) in [7, 11) is 0. The monoisotopic (exact) mass is 513 g/mol. The van der Waals surface area contributed by atoms with E-state index in [1.54, 1.807) is 0 Å². The van der Waals surface area contributed by atoms with Crippen LogP contribution in [0.2, 0.25) is 0 Å². The number of ether oxygens (including phenoxy) is 2. The largest absolute Gasteiger partial charge is 0.462 e. The van der Waals surface area contributed by atoms with Crippen LogP contribution in [0, 0.1) is 0 Å². The fraction of sp³-hybridized carbons (Fsp3) is 0.935. The summed E-state index contributed by atoms with van der Waals surface area (Å²) in [5.74, 6) is -0.577. The summed E-state index contributed by atoms with van der Waals surface area (Å²) in [6, 6.07) is 0. The van der Waals surface area contributed by atoms with Crippen molar-refractivity contribution >= 4 is 11.9 Å². The first kappa shape index (κ1) is 32.9. The zero-order chi connectivity index (χ0) is 27.2. The molecule has 0 aromatic carbocycles. The molecule has 0 rings (SSSR count). The van der Waals surface area contributed by atoms with Crippen LogP contribution in [-0.4, -0.2) is 37.8 Å². The number of aliphatic hydroxyl groups excluding tert-OH is 1. The lowest BCUT2D eigenvalue weighted by Crippen LogP contribution is -2.28. The van der Waals surface area contributed by atoms with Crippen LogP contribution >= 0.6 is 0 Å². The van der Waals surface area contributed by atoms with Gasteiger partial charge in [-0.1, -0.05) is 142 Å². The first-order chi connectivity index (χ1) is 18.1. The third kappa shape index (κ3) is 26.0. The molecule has 0 aromatic heterocycles. The summed E-state index contributed by atoms with van der Waals surface area (Å²) in [6.07, 6.45) is 27.2. The first-order valence-corrected chi connectivity index (χ1v) is 15.6. The predicted molar refractivity (Wildman–Crippen MR) is 150 cm³/mol. The van der Waals surface area contributed by atoms with E-state index >= 15 is 0 Å². The molecule has 0 spiro atoms. The van der Waals surface area contributed by atoms with Crippen LogP contribution in [0.25, 0.3) is 0 Å². The van der Waals surface area contributed by atoms with E-state index in [2.05, 4.69) is 19.0 Å². The maximum absolute atomic E-state index is 12.1. The van der Waals surface area contributed by atoms with Gasteiger partial charge in [-0.05, 0) is 12.8 Å². The van der Waals surface area contributed by atoms with E-state index in [9.17, 15) is 9.59 Å². The molecule has 0 aliphatic heterocycles. The molecule has 0 aliphatic rings. The lowest BCUT2D eigenvalue weighted by Gasteiger charge is -2.15. The van der Waals surface area contributed by atoms with Crippen molar-refractivity contribution in [1.82, 2.24) is 0 Å². The van der Waals surface area contributed by atoms with Gasteiger partial charge in [-0.3, -0.25) is 9.59 Å². The molecule has 0 radical (unpaired) electrons. The highest BCUT2D eigenvalue weighted by molar-refractivity contribution is 5.70. The van der Waals surface area contributed by atoms with E-state index in [0.29, 0.717) is 12.8 Å². The van der Waals surface area contributed by atoms with E-state index < -0.39 is 6.10 Å². The summed E-state index contributed by atoms with van der Waals surface area (Å²) in [6.45, 7) is 4.36. The highest BCUT2D eigenvalue weighted by atomic mass is 16.6. The molecule has 0 fully saturated rings. The van der Waals surface area contributed by atoms with Gasteiger partial charge in [0, 0.05) is 12.8 Å². The Balaban J connectivity index is 3.68. The summed E-state index contributed by atoms with van der Waals surface area (Å²) in [5.41, 5.74) is 0. The summed E-state index contributed by atoms with van der Waals surface area (Å²) in [4.78, 5) is 24.2. The average Bonchev–Trinajstić information content (AvgIpc) is 2.89. The zero-order valence-electron chi connectivity index (χ0n) is 25.0. The molecule has 0 aliphatic carbocycles. The van der Waals surface area contributed by atoms with Crippen LogP contribution in [0.5, 0.6) is 0 Å². The average molecular weight is 514 g/mol. The van der Waals surface area contributed by atoms with E-state index in [-0.39, 0.29) is 25.2 Å². The Labute approximate surface area is 225 Å². The van der Waals surface area contributed by atoms with Gasteiger partial charge in [-0.25, -0.2) is 0 Å². The molecular weight excluding hydrogens is 452 g/mol. The van der Waals surface area contributed by atoms with Crippen molar-refractivity contribution in [1.29, 1.82) is 1.43 Å². The zero-order valence-corrected chi connectivity index (χ0v) is 24.0. The minimum Gasteiger partial charge on any atom is -0.462 e. The smallest absolute Gasteiger partial charge is 0.306 e. The summed E-state index contributed by atoms with van der Waals surface area (Å²) in [5, 5.41) is 4.40. The van der Waals surface area contributed by atoms with E-state index in [0.717, 1.165) is 38.5 Å². The van der Waals surface area contributed by atoms with Crippen LogP contribution < -0.4 is 0 Å². The number of rotatable bonds is 29. The van der Waals surface area contributed by atoms with Gasteiger partial charge < -0.3 is 14.6 Å². The molecule has 0 unspecified atom stereocenters. The number of carbonyl (C=O) groups is 2. The van der Waals surface area contributed by atoms with Crippen LogP contribution in [0.4, 0.5) is 0 Å². The van der Waals surface area contributed by atoms with Crippen molar-refractivity contribution in [2.24, 2.45) is 0 Å². The van der Waals surface area contributed by atoms with Crippen LogP contribution in [0.3, 0.4) is 0 Å². The van der Waals surface area contributed by atoms with Crippen molar-refractivity contribution in [2.45, 2.75) is 174 Å². The van der Waals surface area contributed by atoms with E-state index in [1.165, 1.54) is 103 Å². The van der Waals surface area contributed by atoms with Crippen molar-refractivity contribution in [3.63, 3.8) is 0 Å². The number of esters is 2. The molecule has 1 N–H and O–H groups in total. The minimum atomic E-state index is -0.709. The second-order valence-electron chi connectivity index (χ2n) is 10.5. The molecule has 0 heterocycles. The SMILES string of the molecule is [2H]OC[C@@H](COC(=O)CCCCCCCCCCCCC)OC(=O)CCCCCCCCCCCCC. The number of aliphatic hydroxyl groups is 1. The molecule has 1 atom stereocenters. The van der Waals surface area contributed by atoms with Gasteiger partial charge in [0.25, 0.3) is 0 Å². The van der Waals surface area contributed by atoms with Crippen molar-refractivity contribution in [3.05, 3.63) is 0 Å². The quantitative estimate of drug-likeness (QED) is 0.0798. The Morgan fingerprint density at radius 3 is 1.33 bits per heavy atom. The fourth-order valence-electron chi connectivity index (χ4n) is 4.49. The summed E-state index contributed by atoms with van der Waals surface area (Å²) >= 11 is 0. The summed E-state index contributed by atoms with van der Waals surface area (Å²) < 4.78 is 17.6. The standard InChI is InChI=1S/C31H60O5/c1-3-5-7-9-11-13-15-17-19-21-23-25-30(33)35-28-29(27-32)36-31(34)26-24-22-20-18-16-14-12-10-8-6-4-2/h29,32H,3-28H2,1-2H3/t29-/m0/s1/i32D. The third-order valence-corrected chi connectivity index (χ3v) is 6.88. The molecule has 0 aromatic rings. The number of unbranched alkanes of at least 4 members (excludes halogenated alkanes) is 20. The Kier molecular flexibility index (Phi) is 26.0. The highest BCUT2D eigenvalue weighted by Crippen LogP contribution is 2.14. The van der Waals surface area contributed by atoms with E-state index in [1.807, 2.05) is 0 Å². The Hall–Kier alpha value is -1.10. The van der Waals surface area contributed by atoms with Gasteiger partial charge >= 0.3 is 11.9 Å². The molecule has 0 amide bonds. The Morgan fingerprint density at radius 1 is 0.583 bits per heavy atom. The van der Waals surface area contributed by atoms with Crippen LogP contribution in [0.15, 0.2) is 0 Å². The van der Waals surface area contributed by atoms with Crippen molar-refractivity contribution < 1.29 is 24.2 Å². The second kappa shape index (κ2) is 28.5. The Bertz CT molecular complexity index is 500. The van der Waals surface area contributed by atoms with Gasteiger partial charge in [0.1, 0.15) is 6.61 Å². The molecule has 5 heteroatoms. The molecule has 214 valence electrons. The van der Waals surface area contributed by atoms with Gasteiger partial charge in [0.2, 0.25) is 1.43 Å². The molecule has 0 saturated heterocycles. The lowest BCUT2D eigenvalue weighted by molar-refractivity contribution is -0.161. The topological polar surface area (TPSA) is 72.8 Å². The molecule has 0 saturated carbocycles. The number of hydrogen-bond acceptors (Lipinski definition) is 5. The van der Waals surface area contributed by atoms with E-state index in [4.69, 9.17) is 10.9 Å². The predicted octanol–water partition coefficient (Wildman–Crippen LogP) is 8.84. The lowest BCUT2D eigenvalue weighted by atomic mass is 10.1. The normalized spacial score (nSPS) is 12.3. The van der Waals surface area contributed by atoms with Crippen molar-refractivity contribution in [2.75, 3.05) is 13.2 Å². The van der Waals surface area contributed by atoms with Gasteiger partial charge in [-0.2, -0.15) is 0 Å². The maximum Gasteiger partial charge on any atom is 0.306 e. The van der Waals surface area contributed by atoms with Gasteiger partial charge in [0.05, 0.1) is 6.61 Å². The van der Waals surface area contributed by atoms with Gasteiger partial charge in [-0.15, -0.1) is 0 Å². The molecular formula is C31H60O5. The molecule has 0 bridgehead atoms. The van der Waals surface area contributed by atoms with Crippen molar-refractivity contribution in [3.8, 4) is 0 Å². The second-order valence-corrected chi connectivity index (χ2v) is 10.5. The number of carbonyl (C=O) groups excluding carboxylic acids is 2. The van der Waals surface area contributed by atoms with Crippen LogP contribution in [0.1, 0.15) is 168 Å². The third-order valence-electron chi connectivity index (χ3n) is 6.88. The number of hydrogen-bond donors (Lipinski definition) is 1. The minimum absolute atomic E-state index is 0.0419. The maximum atomic E-state index is 12.1. The first-order valence-electron chi connectivity index (χ1n) is 16.0. The van der Waals surface area contributed by atoms with Crippen LogP contribution in [-0.2, 0) is 19.1 Å². The molecule has 5 nitrogen and oxygen atoms in total. The fourth-order valence-corrected chi connectivity index (χ4v) is 4.49. The molecule has 36 heavy (non-hydrogen) atoms. The van der Waals surface area contributed by atoms with Gasteiger partial charge in [0.15, 0.2) is 6.10 Å². The highest BCUT2D eigenvalue weighted by Gasteiger charge is 2.16. The Morgan fingerprint density at radius 2 is 0.944 bits per heavy atom.